The van der Waals surface area contributed by atoms with E-state index in [2.05, 4.69) is 36.2 Å². The van der Waals surface area contributed by atoms with E-state index in [1.54, 1.807) is 0 Å². The Morgan fingerprint density at radius 1 is 1.21 bits per heavy atom. The molecule has 0 N–H and O–H groups in total. The van der Waals surface area contributed by atoms with Gasteiger partial charge in [-0.25, -0.2) is 0 Å². The molecule has 3 rings (SSSR count). The average molecular weight is 331 g/mol. The number of benzene rings is 1. The Labute approximate surface area is 145 Å². The Balaban J connectivity index is 1.55. The number of carbonyl (C=O) groups is 1. The summed E-state index contributed by atoms with van der Waals surface area (Å²) in [6.45, 7) is 2.90. The van der Waals surface area contributed by atoms with Gasteiger partial charge < -0.3 is 19.4 Å². The van der Waals surface area contributed by atoms with Crippen molar-refractivity contribution < 1.29 is 9.53 Å². The zero-order valence-electron chi connectivity index (χ0n) is 15.1. The maximum atomic E-state index is 12.2. The third-order valence-corrected chi connectivity index (χ3v) is 5.38. The summed E-state index contributed by atoms with van der Waals surface area (Å²) < 4.78 is 6.26. The SMILES string of the molecule is CN(C)CC(=O)N1CCC2(CC1)C[C@H](N(C)c1ccccc1)CO2. The first kappa shape index (κ1) is 17.2. The van der Waals surface area contributed by atoms with E-state index in [0.29, 0.717) is 12.6 Å². The molecule has 1 spiro atoms. The van der Waals surface area contributed by atoms with E-state index < -0.39 is 0 Å². The largest absolute Gasteiger partial charge is 0.373 e. The van der Waals surface area contributed by atoms with E-state index in [4.69, 9.17) is 4.74 Å². The lowest BCUT2D eigenvalue weighted by Crippen LogP contribution is -2.49. The number of likely N-dealkylation sites (tertiary alicyclic amines) is 1. The minimum absolute atomic E-state index is 0.0391. The van der Waals surface area contributed by atoms with Crippen LogP contribution in [0.2, 0.25) is 0 Å². The van der Waals surface area contributed by atoms with Crippen molar-refractivity contribution in [2.75, 3.05) is 52.3 Å². The van der Waals surface area contributed by atoms with E-state index in [1.807, 2.05) is 30.0 Å². The van der Waals surface area contributed by atoms with Crippen LogP contribution in [0.15, 0.2) is 30.3 Å². The van der Waals surface area contributed by atoms with Crippen LogP contribution >= 0.6 is 0 Å². The number of likely N-dealkylation sites (N-methyl/N-ethyl adjacent to an activating group) is 2. The first-order chi connectivity index (χ1) is 11.5. The summed E-state index contributed by atoms with van der Waals surface area (Å²) >= 11 is 0. The third-order valence-electron chi connectivity index (χ3n) is 5.38. The number of nitrogens with zero attached hydrogens (tertiary/aromatic N) is 3. The van der Waals surface area contributed by atoms with Crippen molar-refractivity contribution in [2.24, 2.45) is 0 Å². The van der Waals surface area contributed by atoms with Crippen LogP contribution in [0, 0.1) is 0 Å². The van der Waals surface area contributed by atoms with Crippen molar-refractivity contribution in [1.29, 1.82) is 0 Å². The Bertz CT molecular complexity index is 553. The van der Waals surface area contributed by atoms with Gasteiger partial charge in [-0.05, 0) is 45.5 Å². The number of rotatable bonds is 4. The molecule has 24 heavy (non-hydrogen) atoms. The predicted octanol–water partition coefficient (Wildman–Crippen LogP) is 1.83. The lowest BCUT2D eigenvalue weighted by molar-refractivity contribution is -0.136. The Kier molecular flexibility index (Phi) is 5.11. The molecule has 1 aromatic rings. The molecule has 0 aromatic heterocycles. The number of hydrogen-bond donors (Lipinski definition) is 0. The van der Waals surface area contributed by atoms with Gasteiger partial charge in [0.05, 0.1) is 24.8 Å². The van der Waals surface area contributed by atoms with Crippen molar-refractivity contribution in [3.8, 4) is 0 Å². The second-order valence-electron chi connectivity index (χ2n) is 7.42. The predicted molar refractivity (Wildman–Crippen MR) is 96.3 cm³/mol. The number of ether oxygens (including phenoxy) is 1. The second kappa shape index (κ2) is 7.11. The number of carbonyl (C=O) groups excluding carboxylic acids is 1. The molecule has 2 heterocycles. The molecule has 2 aliphatic rings. The van der Waals surface area contributed by atoms with Crippen LogP contribution in [-0.2, 0) is 9.53 Å². The minimum atomic E-state index is -0.0391. The lowest BCUT2D eigenvalue weighted by Gasteiger charge is -2.39. The summed E-state index contributed by atoms with van der Waals surface area (Å²) in [6, 6.07) is 10.9. The first-order valence-electron chi connectivity index (χ1n) is 8.83. The summed E-state index contributed by atoms with van der Waals surface area (Å²) in [4.78, 5) is 18.5. The highest BCUT2D eigenvalue weighted by molar-refractivity contribution is 5.78. The molecule has 0 unspecified atom stereocenters. The van der Waals surface area contributed by atoms with E-state index in [-0.39, 0.29) is 11.5 Å². The van der Waals surface area contributed by atoms with Gasteiger partial charge in [-0.15, -0.1) is 0 Å². The summed E-state index contributed by atoms with van der Waals surface area (Å²) in [6.07, 6.45) is 2.95. The lowest BCUT2D eigenvalue weighted by atomic mass is 9.87. The van der Waals surface area contributed by atoms with Gasteiger partial charge in [-0.1, -0.05) is 18.2 Å². The van der Waals surface area contributed by atoms with Crippen LogP contribution in [0.4, 0.5) is 5.69 Å². The van der Waals surface area contributed by atoms with Crippen LogP contribution in [0.5, 0.6) is 0 Å². The highest BCUT2D eigenvalue weighted by Crippen LogP contribution is 2.38. The van der Waals surface area contributed by atoms with Gasteiger partial charge in [0.1, 0.15) is 0 Å². The van der Waals surface area contributed by atoms with Gasteiger partial charge in [0, 0.05) is 25.8 Å². The Hall–Kier alpha value is -1.59. The molecule has 2 fully saturated rings. The first-order valence-corrected chi connectivity index (χ1v) is 8.83. The maximum Gasteiger partial charge on any atom is 0.236 e. The molecule has 0 aliphatic carbocycles. The zero-order chi connectivity index (χ0) is 17.2. The quantitative estimate of drug-likeness (QED) is 0.843. The summed E-state index contributed by atoms with van der Waals surface area (Å²) in [5.41, 5.74) is 1.20. The number of hydrogen-bond acceptors (Lipinski definition) is 4. The molecule has 0 bridgehead atoms. The number of para-hydroxylation sites is 1. The van der Waals surface area contributed by atoms with Gasteiger partial charge in [0.15, 0.2) is 0 Å². The topological polar surface area (TPSA) is 36.0 Å². The molecular weight excluding hydrogens is 302 g/mol. The number of anilines is 1. The van der Waals surface area contributed by atoms with Crippen molar-refractivity contribution >= 4 is 11.6 Å². The molecule has 5 nitrogen and oxygen atoms in total. The van der Waals surface area contributed by atoms with Crippen molar-refractivity contribution in [3.05, 3.63) is 30.3 Å². The van der Waals surface area contributed by atoms with Gasteiger partial charge in [-0.2, -0.15) is 0 Å². The highest BCUT2D eigenvalue weighted by Gasteiger charge is 2.44. The molecule has 132 valence electrons. The van der Waals surface area contributed by atoms with Crippen molar-refractivity contribution in [1.82, 2.24) is 9.80 Å². The molecular formula is C19H29N3O2. The fourth-order valence-electron chi connectivity index (χ4n) is 3.83. The monoisotopic (exact) mass is 331 g/mol. The normalized spacial score (nSPS) is 23.0. The standard InChI is InChI=1S/C19H29N3O2/c1-20(2)14-18(23)22-11-9-19(10-12-22)13-17(15-24-19)21(3)16-7-5-4-6-8-16/h4-8,17H,9-15H2,1-3H3/t17-/m0/s1. The molecule has 1 atom stereocenters. The summed E-state index contributed by atoms with van der Waals surface area (Å²) in [5.74, 6) is 0.228. The molecule has 2 aliphatic heterocycles. The Morgan fingerprint density at radius 2 is 1.88 bits per heavy atom. The van der Waals surface area contributed by atoms with Crippen LogP contribution in [0.3, 0.4) is 0 Å². The Morgan fingerprint density at radius 3 is 2.50 bits per heavy atom. The molecule has 5 heteroatoms. The van der Waals surface area contributed by atoms with Crippen molar-refractivity contribution in [2.45, 2.75) is 30.9 Å². The summed E-state index contributed by atoms with van der Waals surface area (Å²) in [5, 5.41) is 0. The second-order valence-corrected chi connectivity index (χ2v) is 7.42. The van der Waals surface area contributed by atoms with Crippen LogP contribution < -0.4 is 4.90 Å². The molecule has 0 radical (unpaired) electrons. The van der Waals surface area contributed by atoms with Gasteiger partial charge in [-0.3, -0.25) is 4.79 Å². The van der Waals surface area contributed by atoms with Crippen LogP contribution in [0.25, 0.3) is 0 Å². The fourth-order valence-corrected chi connectivity index (χ4v) is 3.83. The summed E-state index contributed by atoms with van der Waals surface area (Å²) in [7, 11) is 6.03. The van der Waals surface area contributed by atoms with Gasteiger partial charge in [0.25, 0.3) is 0 Å². The van der Waals surface area contributed by atoms with Crippen molar-refractivity contribution in [3.63, 3.8) is 0 Å². The minimum Gasteiger partial charge on any atom is -0.373 e. The average Bonchev–Trinajstić information content (AvgIpc) is 2.98. The highest BCUT2D eigenvalue weighted by atomic mass is 16.5. The van der Waals surface area contributed by atoms with Gasteiger partial charge >= 0.3 is 0 Å². The molecule has 0 saturated carbocycles. The van der Waals surface area contributed by atoms with Crippen LogP contribution in [-0.4, -0.2) is 74.7 Å². The number of piperidine rings is 1. The molecule has 2 saturated heterocycles. The fraction of sp³-hybridized carbons (Fsp3) is 0.632. The van der Waals surface area contributed by atoms with E-state index in [1.165, 1.54) is 5.69 Å². The van der Waals surface area contributed by atoms with E-state index in [0.717, 1.165) is 39.0 Å². The zero-order valence-corrected chi connectivity index (χ0v) is 15.1. The third kappa shape index (κ3) is 3.73. The van der Waals surface area contributed by atoms with E-state index >= 15 is 0 Å². The van der Waals surface area contributed by atoms with E-state index in [9.17, 15) is 4.79 Å². The van der Waals surface area contributed by atoms with Gasteiger partial charge in [0.2, 0.25) is 5.91 Å². The molecule has 1 aromatic carbocycles. The number of amides is 1. The molecule has 1 amide bonds. The van der Waals surface area contributed by atoms with Crippen LogP contribution in [0.1, 0.15) is 19.3 Å². The smallest absolute Gasteiger partial charge is 0.236 e. The maximum absolute atomic E-state index is 12.2.